The van der Waals surface area contributed by atoms with E-state index in [-0.39, 0.29) is 23.8 Å². The van der Waals surface area contributed by atoms with Gasteiger partial charge >= 0.3 is 5.97 Å². The van der Waals surface area contributed by atoms with Crippen LogP contribution in [-0.2, 0) is 19.4 Å². The monoisotopic (exact) mass is 292 g/mol. The van der Waals surface area contributed by atoms with Gasteiger partial charge in [0.1, 0.15) is 6.04 Å². The van der Waals surface area contributed by atoms with Gasteiger partial charge in [0.2, 0.25) is 5.91 Å². The molecule has 1 amide bonds. The van der Waals surface area contributed by atoms with E-state index in [9.17, 15) is 18.0 Å². The molecule has 0 spiro atoms. The Hall–Kier alpha value is -1.15. The second kappa shape index (κ2) is 6.33. The minimum absolute atomic E-state index is 0.000486. The third-order valence-electron chi connectivity index (χ3n) is 3.25. The fourth-order valence-corrected chi connectivity index (χ4v) is 3.59. The van der Waals surface area contributed by atoms with E-state index in [0.29, 0.717) is 13.0 Å². The van der Waals surface area contributed by atoms with Crippen molar-refractivity contribution < 1.29 is 23.1 Å². The number of amides is 1. The highest BCUT2D eigenvalue weighted by Gasteiger charge is 2.30. The summed E-state index contributed by atoms with van der Waals surface area (Å²) in [5.74, 6) is -1.40. The normalized spacial score (nSPS) is 23.6. The lowest BCUT2D eigenvalue weighted by Crippen LogP contribution is -2.49. The maximum atomic E-state index is 12.0. The number of hydrogen-bond acceptors (Lipinski definition) is 5. The van der Waals surface area contributed by atoms with Crippen molar-refractivity contribution in [3.63, 3.8) is 0 Å². The summed E-state index contributed by atoms with van der Waals surface area (Å²) >= 11 is 0. The lowest BCUT2D eigenvalue weighted by molar-refractivity contribution is -0.149. The molecule has 1 saturated heterocycles. The number of sulfone groups is 1. The molecular formula is C11H20N2O5S. The first-order valence-corrected chi connectivity index (χ1v) is 8.01. The van der Waals surface area contributed by atoms with Crippen molar-refractivity contribution in [1.82, 2.24) is 10.2 Å². The average molecular weight is 292 g/mol. The predicted octanol–water partition coefficient (Wildman–Crippen LogP) is -0.915. The summed E-state index contributed by atoms with van der Waals surface area (Å²) in [6.45, 7) is 2.02. The van der Waals surface area contributed by atoms with Gasteiger partial charge in [-0.2, -0.15) is 0 Å². The first-order valence-electron chi connectivity index (χ1n) is 6.19. The Kier molecular flexibility index (Phi) is 5.30. The van der Waals surface area contributed by atoms with Gasteiger partial charge in [0.05, 0.1) is 11.5 Å². The Morgan fingerprint density at radius 1 is 1.47 bits per heavy atom. The van der Waals surface area contributed by atoms with E-state index in [4.69, 9.17) is 5.11 Å². The van der Waals surface area contributed by atoms with Crippen LogP contribution in [0.5, 0.6) is 0 Å². The van der Waals surface area contributed by atoms with Gasteiger partial charge in [-0.3, -0.25) is 4.79 Å². The molecule has 0 radical (unpaired) electrons. The Labute approximate surface area is 112 Å². The van der Waals surface area contributed by atoms with Crippen LogP contribution in [0.2, 0.25) is 0 Å². The highest BCUT2D eigenvalue weighted by Crippen LogP contribution is 2.10. The number of rotatable bonds is 5. The SMILES string of the molecule is CCC(C(=O)O)N(C)C(=O)CC1CS(=O)(=O)CCN1. The molecule has 8 heteroatoms. The molecule has 0 aromatic heterocycles. The van der Waals surface area contributed by atoms with Gasteiger partial charge in [-0.15, -0.1) is 0 Å². The number of nitrogens with one attached hydrogen (secondary N) is 1. The number of carboxylic acid groups (broad SMARTS) is 1. The molecule has 2 atom stereocenters. The summed E-state index contributed by atoms with van der Waals surface area (Å²) in [7, 11) is -1.66. The molecule has 2 N–H and O–H groups in total. The first-order chi connectivity index (χ1) is 8.76. The second-order valence-electron chi connectivity index (χ2n) is 4.74. The highest BCUT2D eigenvalue weighted by molar-refractivity contribution is 7.91. The largest absolute Gasteiger partial charge is 0.480 e. The van der Waals surface area contributed by atoms with Crippen LogP contribution in [0.4, 0.5) is 0 Å². The Balaban J connectivity index is 2.61. The fraction of sp³-hybridized carbons (Fsp3) is 0.818. The van der Waals surface area contributed by atoms with Crippen LogP contribution < -0.4 is 5.32 Å². The Morgan fingerprint density at radius 3 is 2.58 bits per heavy atom. The molecule has 0 aromatic carbocycles. The lowest BCUT2D eigenvalue weighted by atomic mass is 10.1. The van der Waals surface area contributed by atoms with Crippen LogP contribution in [0, 0.1) is 0 Å². The zero-order valence-electron chi connectivity index (χ0n) is 11.1. The van der Waals surface area contributed by atoms with Crippen LogP contribution in [0.1, 0.15) is 19.8 Å². The molecule has 1 heterocycles. The zero-order valence-corrected chi connectivity index (χ0v) is 11.9. The van der Waals surface area contributed by atoms with Gasteiger partial charge in [0.15, 0.2) is 9.84 Å². The molecule has 110 valence electrons. The molecule has 1 fully saturated rings. The third kappa shape index (κ3) is 4.46. The molecule has 1 rings (SSSR count). The fourth-order valence-electron chi connectivity index (χ4n) is 2.14. The molecule has 0 bridgehead atoms. The van der Waals surface area contributed by atoms with E-state index in [0.717, 1.165) is 0 Å². The molecule has 0 aliphatic carbocycles. The standard InChI is InChI=1S/C11H20N2O5S/c1-3-9(11(15)16)13(2)10(14)6-8-7-19(17,18)5-4-12-8/h8-9,12H,3-7H2,1-2H3,(H,15,16). The van der Waals surface area contributed by atoms with E-state index in [1.54, 1.807) is 6.92 Å². The Bertz CT molecular complexity index is 448. The van der Waals surface area contributed by atoms with Crippen molar-refractivity contribution in [3.8, 4) is 0 Å². The summed E-state index contributed by atoms with van der Waals surface area (Å²) < 4.78 is 22.9. The van der Waals surface area contributed by atoms with Crippen molar-refractivity contribution in [2.45, 2.75) is 31.8 Å². The maximum Gasteiger partial charge on any atom is 0.326 e. The van der Waals surface area contributed by atoms with E-state index in [2.05, 4.69) is 5.32 Å². The summed E-state index contributed by atoms with van der Waals surface area (Å²) in [5.41, 5.74) is 0. The molecule has 19 heavy (non-hydrogen) atoms. The van der Waals surface area contributed by atoms with Crippen molar-refractivity contribution in [2.24, 2.45) is 0 Å². The van der Waals surface area contributed by atoms with Gasteiger partial charge < -0.3 is 15.3 Å². The van der Waals surface area contributed by atoms with E-state index in [1.165, 1.54) is 11.9 Å². The van der Waals surface area contributed by atoms with Crippen molar-refractivity contribution in [3.05, 3.63) is 0 Å². The number of aliphatic carboxylic acids is 1. The smallest absolute Gasteiger partial charge is 0.326 e. The average Bonchev–Trinajstić information content (AvgIpc) is 2.27. The van der Waals surface area contributed by atoms with E-state index < -0.39 is 27.9 Å². The van der Waals surface area contributed by atoms with Crippen LogP contribution in [0.15, 0.2) is 0 Å². The molecular weight excluding hydrogens is 272 g/mol. The van der Waals surface area contributed by atoms with Crippen LogP contribution in [0.3, 0.4) is 0 Å². The Morgan fingerprint density at radius 2 is 2.11 bits per heavy atom. The molecule has 1 aliphatic heterocycles. The number of carboxylic acids is 1. The van der Waals surface area contributed by atoms with Crippen LogP contribution in [0.25, 0.3) is 0 Å². The number of hydrogen-bond donors (Lipinski definition) is 2. The zero-order chi connectivity index (χ0) is 14.6. The van der Waals surface area contributed by atoms with Crippen LogP contribution in [-0.4, -0.2) is 67.5 Å². The number of carbonyl (C=O) groups excluding carboxylic acids is 1. The van der Waals surface area contributed by atoms with Gasteiger partial charge in [-0.05, 0) is 6.42 Å². The summed E-state index contributed by atoms with van der Waals surface area (Å²) in [6, 6.07) is -1.30. The van der Waals surface area contributed by atoms with Gasteiger partial charge in [-0.25, -0.2) is 13.2 Å². The van der Waals surface area contributed by atoms with Crippen molar-refractivity contribution in [1.29, 1.82) is 0 Å². The van der Waals surface area contributed by atoms with Crippen LogP contribution >= 0.6 is 0 Å². The summed E-state index contributed by atoms with van der Waals surface area (Å²) in [5, 5.41) is 11.9. The maximum absolute atomic E-state index is 12.0. The number of likely N-dealkylation sites (N-methyl/N-ethyl adjacent to an activating group) is 1. The minimum Gasteiger partial charge on any atom is -0.480 e. The molecule has 2 unspecified atom stereocenters. The van der Waals surface area contributed by atoms with Gasteiger partial charge in [-0.1, -0.05) is 6.92 Å². The van der Waals surface area contributed by atoms with Crippen molar-refractivity contribution in [2.75, 3.05) is 25.1 Å². The predicted molar refractivity (Wildman–Crippen MR) is 69.5 cm³/mol. The minimum atomic E-state index is -3.09. The summed E-state index contributed by atoms with van der Waals surface area (Å²) in [4.78, 5) is 24.1. The molecule has 0 saturated carbocycles. The van der Waals surface area contributed by atoms with Gasteiger partial charge in [0.25, 0.3) is 0 Å². The highest BCUT2D eigenvalue weighted by atomic mass is 32.2. The second-order valence-corrected chi connectivity index (χ2v) is 6.97. The quantitative estimate of drug-likeness (QED) is 0.679. The number of nitrogens with zero attached hydrogens (tertiary/aromatic N) is 1. The third-order valence-corrected chi connectivity index (χ3v) is 4.99. The molecule has 7 nitrogen and oxygen atoms in total. The first kappa shape index (κ1) is 15.9. The van der Waals surface area contributed by atoms with E-state index in [1.807, 2.05) is 0 Å². The summed E-state index contributed by atoms with van der Waals surface area (Å²) in [6.07, 6.45) is 0.313. The van der Waals surface area contributed by atoms with Crippen molar-refractivity contribution >= 4 is 21.7 Å². The topological polar surface area (TPSA) is 104 Å². The molecule has 1 aliphatic rings. The number of carbonyl (C=O) groups is 2. The lowest BCUT2D eigenvalue weighted by Gasteiger charge is -2.28. The van der Waals surface area contributed by atoms with E-state index >= 15 is 0 Å². The van der Waals surface area contributed by atoms with Gasteiger partial charge in [0, 0.05) is 26.1 Å². The molecule has 0 aromatic rings.